The Morgan fingerprint density at radius 2 is 0.758 bits per heavy atom. The predicted molar refractivity (Wildman–Crippen MR) is 269 cm³/mol. The summed E-state index contributed by atoms with van der Waals surface area (Å²) in [6.07, 6.45) is 61.9. The fraction of sp³-hybridized carbons (Fsp3) is 0.893. The quantitative estimate of drug-likeness (QED) is 0.0321. The molecule has 2 unspecified atom stereocenters. The van der Waals surface area contributed by atoms with E-state index in [-0.39, 0.29) is 18.5 Å². The Balaban J connectivity index is 3.41. The van der Waals surface area contributed by atoms with E-state index >= 15 is 0 Å². The Hall–Kier alpha value is -1.66. The summed E-state index contributed by atoms with van der Waals surface area (Å²) in [5.41, 5.74) is 0. The molecule has 0 spiro atoms. The first-order valence-corrected chi connectivity index (χ1v) is 27.6. The highest BCUT2D eigenvalue weighted by molar-refractivity contribution is 5.76. The normalized spacial score (nSPS) is 12.8. The average molecular weight is 874 g/mol. The van der Waals surface area contributed by atoms with Gasteiger partial charge in [-0.3, -0.25) is 9.59 Å². The topological polar surface area (TPSA) is 95.9 Å². The van der Waals surface area contributed by atoms with E-state index in [9.17, 15) is 19.8 Å². The fourth-order valence-corrected chi connectivity index (χ4v) is 8.45. The smallest absolute Gasteiger partial charge is 0.305 e. The minimum absolute atomic E-state index is 0.000371. The van der Waals surface area contributed by atoms with Crippen LogP contribution in [-0.2, 0) is 14.3 Å². The summed E-state index contributed by atoms with van der Waals surface area (Å²) < 4.78 is 5.46. The van der Waals surface area contributed by atoms with E-state index in [1.54, 1.807) is 6.08 Å². The van der Waals surface area contributed by atoms with Crippen LogP contribution in [0.25, 0.3) is 0 Å². The SMILES string of the molecule is CCCCC/C=C\CCCCCCCC(=O)OCCCCCCCCCCCCCCCCCCCCCCC(=O)NC(CO)C(O)/C=C/CCCCCCCCCCCCC. The molecule has 0 rings (SSSR count). The Labute approximate surface area is 386 Å². The number of carbonyl (C=O) groups is 2. The molecule has 0 saturated carbocycles. The molecule has 6 heteroatoms. The molecule has 2 atom stereocenters. The van der Waals surface area contributed by atoms with Gasteiger partial charge in [0.25, 0.3) is 0 Å². The van der Waals surface area contributed by atoms with Crippen LogP contribution in [0.4, 0.5) is 0 Å². The minimum Gasteiger partial charge on any atom is -0.466 e. The number of aliphatic hydroxyl groups excluding tert-OH is 2. The standard InChI is InChI=1S/C56H107NO5/c1-3-5-7-9-11-13-15-25-28-32-36-40-44-48-54(59)53(52-58)57-55(60)49-45-41-37-33-29-26-23-21-19-17-18-20-22-24-27-31-35-39-43-47-51-62-56(61)50-46-42-38-34-30-16-14-12-10-8-6-4-2/h12,14,44,48,53-54,58-59H,3-11,13,15-43,45-47,49-52H2,1-2H3,(H,57,60)/b14-12-,48-44+. The van der Waals surface area contributed by atoms with Crippen molar-refractivity contribution < 1.29 is 24.5 Å². The molecule has 0 aromatic rings. The molecular formula is C56H107NO5. The third-order valence-corrected chi connectivity index (χ3v) is 12.7. The van der Waals surface area contributed by atoms with Crippen molar-refractivity contribution in [3.05, 3.63) is 24.3 Å². The van der Waals surface area contributed by atoms with Gasteiger partial charge in [-0.2, -0.15) is 0 Å². The van der Waals surface area contributed by atoms with E-state index in [4.69, 9.17) is 4.74 Å². The van der Waals surface area contributed by atoms with E-state index in [2.05, 4.69) is 31.3 Å². The lowest BCUT2D eigenvalue weighted by molar-refractivity contribution is -0.143. The lowest BCUT2D eigenvalue weighted by Gasteiger charge is -2.20. The second kappa shape index (κ2) is 52.0. The first kappa shape index (κ1) is 60.3. The molecule has 0 aromatic carbocycles. The van der Waals surface area contributed by atoms with Gasteiger partial charge in [-0.25, -0.2) is 0 Å². The number of esters is 1. The van der Waals surface area contributed by atoms with Crippen LogP contribution in [-0.4, -0.2) is 47.4 Å². The van der Waals surface area contributed by atoms with Gasteiger partial charge in [0.15, 0.2) is 0 Å². The van der Waals surface area contributed by atoms with E-state index < -0.39 is 12.1 Å². The van der Waals surface area contributed by atoms with Crippen molar-refractivity contribution >= 4 is 11.9 Å². The summed E-state index contributed by atoms with van der Waals surface area (Å²) >= 11 is 0. The van der Waals surface area contributed by atoms with Crippen LogP contribution in [0.3, 0.4) is 0 Å². The molecule has 0 aliphatic heterocycles. The summed E-state index contributed by atoms with van der Waals surface area (Å²) in [5.74, 6) is -0.0703. The molecule has 0 radical (unpaired) electrons. The third-order valence-electron chi connectivity index (χ3n) is 12.7. The molecular weight excluding hydrogens is 767 g/mol. The third kappa shape index (κ3) is 47.8. The minimum atomic E-state index is -0.844. The first-order chi connectivity index (χ1) is 30.5. The summed E-state index contributed by atoms with van der Waals surface area (Å²) in [6.45, 7) is 4.87. The van der Waals surface area contributed by atoms with Gasteiger partial charge in [0.05, 0.1) is 25.4 Å². The van der Waals surface area contributed by atoms with E-state index in [0.29, 0.717) is 19.4 Å². The predicted octanol–water partition coefficient (Wildman–Crippen LogP) is 16.7. The maximum Gasteiger partial charge on any atom is 0.305 e. The van der Waals surface area contributed by atoms with Crippen LogP contribution in [0, 0.1) is 0 Å². The van der Waals surface area contributed by atoms with Crippen molar-refractivity contribution in [2.75, 3.05) is 13.2 Å². The van der Waals surface area contributed by atoms with Crippen molar-refractivity contribution in [3.8, 4) is 0 Å². The van der Waals surface area contributed by atoms with Gasteiger partial charge < -0.3 is 20.3 Å². The second-order valence-electron chi connectivity index (χ2n) is 18.9. The highest BCUT2D eigenvalue weighted by Gasteiger charge is 2.18. The second-order valence-corrected chi connectivity index (χ2v) is 18.9. The van der Waals surface area contributed by atoms with Crippen LogP contribution in [0.1, 0.15) is 296 Å². The number of hydrogen-bond acceptors (Lipinski definition) is 5. The number of nitrogens with one attached hydrogen (secondary N) is 1. The molecule has 3 N–H and O–H groups in total. The Bertz CT molecular complexity index is 966. The Morgan fingerprint density at radius 3 is 1.18 bits per heavy atom. The van der Waals surface area contributed by atoms with Crippen molar-refractivity contribution in [2.24, 2.45) is 0 Å². The molecule has 0 fully saturated rings. The van der Waals surface area contributed by atoms with E-state index in [1.165, 1.54) is 225 Å². The van der Waals surface area contributed by atoms with Gasteiger partial charge in [0.1, 0.15) is 0 Å². The van der Waals surface area contributed by atoms with E-state index in [1.807, 2.05) is 6.08 Å². The van der Waals surface area contributed by atoms with Crippen LogP contribution in [0.15, 0.2) is 24.3 Å². The number of ether oxygens (including phenoxy) is 1. The average Bonchev–Trinajstić information content (AvgIpc) is 3.27. The summed E-state index contributed by atoms with van der Waals surface area (Å²) in [4.78, 5) is 24.4. The zero-order valence-corrected chi connectivity index (χ0v) is 41.6. The molecule has 0 aromatic heterocycles. The molecule has 0 heterocycles. The number of rotatable bonds is 51. The monoisotopic (exact) mass is 874 g/mol. The van der Waals surface area contributed by atoms with Crippen molar-refractivity contribution in [2.45, 2.75) is 309 Å². The van der Waals surface area contributed by atoms with Crippen LogP contribution in [0.2, 0.25) is 0 Å². The summed E-state index contributed by atoms with van der Waals surface area (Å²) in [5, 5.41) is 23.0. The molecule has 0 aliphatic rings. The number of allylic oxidation sites excluding steroid dienone is 3. The fourth-order valence-electron chi connectivity index (χ4n) is 8.45. The van der Waals surface area contributed by atoms with Crippen LogP contribution < -0.4 is 5.32 Å². The molecule has 0 aliphatic carbocycles. The number of hydrogen-bond donors (Lipinski definition) is 3. The molecule has 366 valence electrons. The lowest BCUT2D eigenvalue weighted by Crippen LogP contribution is -2.45. The van der Waals surface area contributed by atoms with Gasteiger partial charge in [0.2, 0.25) is 5.91 Å². The zero-order valence-electron chi connectivity index (χ0n) is 41.6. The first-order valence-electron chi connectivity index (χ1n) is 27.6. The number of amides is 1. The number of unbranched alkanes of at least 4 members (excludes halogenated alkanes) is 38. The largest absolute Gasteiger partial charge is 0.466 e. The summed E-state index contributed by atoms with van der Waals surface area (Å²) in [6, 6.07) is -0.628. The van der Waals surface area contributed by atoms with Gasteiger partial charge in [-0.15, -0.1) is 0 Å². The number of carbonyl (C=O) groups excluding carboxylic acids is 2. The summed E-state index contributed by atoms with van der Waals surface area (Å²) in [7, 11) is 0. The lowest BCUT2D eigenvalue weighted by atomic mass is 10.0. The van der Waals surface area contributed by atoms with Crippen molar-refractivity contribution in [1.82, 2.24) is 5.32 Å². The number of aliphatic hydroxyl groups is 2. The molecule has 62 heavy (non-hydrogen) atoms. The molecule has 0 bridgehead atoms. The zero-order chi connectivity index (χ0) is 45.1. The Kier molecular flexibility index (Phi) is 50.6. The van der Waals surface area contributed by atoms with Gasteiger partial charge >= 0.3 is 5.97 Å². The van der Waals surface area contributed by atoms with Gasteiger partial charge in [0, 0.05) is 12.8 Å². The van der Waals surface area contributed by atoms with Crippen molar-refractivity contribution in [1.29, 1.82) is 0 Å². The molecule has 6 nitrogen and oxygen atoms in total. The molecule has 1 amide bonds. The van der Waals surface area contributed by atoms with Crippen molar-refractivity contribution in [3.63, 3.8) is 0 Å². The Morgan fingerprint density at radius 1 is 0.435 bits per heavy atom. The van der Waals surface area contributed by atoms with Gasteiger partial charge in [-0.1, -0.05) is 250 Å². The van der Waals surface area contributed by atoms with E-state index in [0.717, 1.165) is 44.9 Å². The van der Waals surface area contributed by atoms with Gasteiger partial charge in [-0.05, 0) is 57.8 Å². The maximum absolute atomic E-state index is 12.4. The van der Waals surface area contributed by atoms with Crippen LogP contribution in [0.5, 0.6) is 0 Å². The maximum atomic E-state index is 12.4. The molecule has 0 saturated heterocycles. The highest BCUT2D eigenvalue weighted by atomic mass is 16.5. The highest BCUT2D eigenvalue weighted by Crippen LogP contribution is 2.17. The van der Waals surface area contributed by atoms with Crippen LogP contribution >= 0.6 is 0 Å².